The summed E-state index contributed by atoms with van der Waals surface area (Å²) in [4.78, 5) is 9.02. The fraction of sp³-hybridized carbons (Fsp3) is 0.200. The number of halogens is 1. The Kier molecular flexibility index (Phi) is 5.19. The van der Waals surface area contributed by atoms with Crippen molar-refractivity contribution in [1.29, 1.82) is 0 Å². The van der Waals surface area contributed by atoms with E-state index in [2.05, 4.69) is 52.6 Å². The molecule has 0 unspecified atom stereocenters. The number of nitrogens with zero attached hydrogens (tertiary/aromatic N) is 2. The number of hydrogen-bond donors (Lipinski definition) is 2. The molecule has 0 saturated carbocycles. The Morgan fingerprint density at radius 2 is 1.76 bits per heavy atom. The van der Waals surface area contributed by atoms with Crippen molar-refractivity contribution in [3.8, 4) is 0 Å². The van der Waals surface area contributed by atoms with Crippen molar-refractivity contribution in [3.05, 3.63) is 75.9 Å². The summed E-state index contributed by atoms with van der Waals surface area (Å²) in [5.41, 5.74) is 5.33. The zero-order chi connectivity index (χ0) is 17.8. The molecule has 1 heterocycles. The van der Waals surface area contributed by atoms with Crippen molar-refractivity contribution < 1.29 is 0 Å². The average molecular weight is 353 g/mol. The second kappa shape index (κ2) is 7.53. The van der Waals surface area contributed by atoms with Gasteiger partial charge in [0.05, 0.1) is 0 Å². The molecule has 0 saturated heterocycles. The maximum atomic E-state index is 6.20. The first kappa shape index (κ1) is 17.2. The van der Waals surface area contributed by atoms with Crippen LogP contribution >= 0.6 is 11.6 Å². The Hall–Kier alpha value is -2.59. The van der Waals surface area contributed by atoms with Crippen molar-refractivity contribution in [3.63, 3.8) is 0 Å². The van der Waals surface area contributed by atoms with E-state index in [1.54, 1.807) is 0 Å². The SMILES string of the molecule is Cc1ccc(C)c(Nc2cc(C)nc(NCc3ccccc3Cl)n2)c1. The smallest absolute Gasteiger partial charge is 0.225 e. The fourth-order valence-electron chi connectivity index (χ4n) is 2.54. The van der Waals surface area contributed by atoms with Crippen molar-refractivity contribution in [1.82, 2.24) is 9.97 Å². The molecule has 25 heavy (non-hydrogen) atoms. The van der Waals surface area contributed by atoms with Crippen molar-refractivity contribution in [2.75, 3.05) is 10.6 Å². The minimum Gasteiger partial charge on any atom is -0.350 e. The largest absolute Gasteiger partial charge is 0.350 e. The van der Waals surface area contributed by atoms with Crippen LogP contribution < -0.4 is 10.6 Å². The van der Waals surface area contributed by atoms with Gasteiger partial charge in [-0.25, -0.2) is 4.98 Å². The summed E-state index contributed by atoms with van der Waals surface area (Å²) in [5.74, 6) is 1.34. The van der Waals surface area contributed by atoms with Gasteiger partial charge >= 0.3 is 0 Å². The molecule has 0 aliphatic carbocycles. The molecule has 0 amide bonds. The molecule has 0 fully saturated rings. The van der Waals surface area contributed by atoms with E-state index < -0.39 is 0 Å². The number of aromatic nitrogens is 2. The molecule has 0 aliphatic heterocycles. The Morgan fingerprint density at radius 3 is 2.56 bits per heavy atom. The molecule has 3 rings (SSSR count). The summed E-state index contributed by atoms with van der Waals surface area (Å²) in [5, 5.41) is 7.37. The third-order valence-corrected chi connectivity index (χ3v) is 4.27. The predicted octanol–water partition coefficient (Wildman–Crippen LogP) is 5.41. The predicted molar refractivity (Wildman–Crippen MR) is 105 cm³/mol. The first-order valence-corrected chi connectivity index (χ1v) is 8.56. The Morgan fingerprint density at radius 1 is 0.960 bits per heavy atom. The van der Waals surface area contributed by atoms with Crippen LogP contribution in [0.3, 0.4) is 0 Å². The van der Waals surface area contributed by atoms with Gasteiger partial charge in [0.2, 0.25) is 5.95 Å². The fourth-order valence-corrected chi connectivity index (χ4v) is 2.74. The van der Waals surface area contributed by atoms with Crippen LogP contribution in [0, 0.1) is 20.8 Å². The van der Waals surface area contributed by atoms with Gasteiger partial charge in [0.1, 0.15) is 5.82 Å². The normalized spacial score (nSPS) is 10.6. The highest BCUT2D eigenvalue weighted by Gasteiger charge is 2.06. The van der Waals surface area contributed by atoms with Gasteiger partial charge in [-0.1, -0.05) is 41.9 Å². The maximum absolute atomic E-state index is 6.20. The highest BCUT2D eigenvalue weighted by Crippen LogP contribution is 2.22. The number of anilines is 3. The summed E-state index contributed by atoms with van der Waals surface area (Å²) in [7, 11) is 0. The van der Waals surface area contributed by atoms with Crippen LogP contribution in [0.15, 0.2) is 48.5 Å². The van der Waals surface area contributed by atoms with E-state index in [1.165, 1.54) is 11.1 Å². The van der Waals surface area contributed by atoms with E-state index in [9.17, 15) is 0 Å². The Balaban J connectivity index is 1.78. The molecule has 0 radical (unpaired) electrons. The summed E-state index contributed by atoms with van der Waals surface area (Å²) < 4.78 is 0. The lowest BCUT2D eigenvalue weighted by Gasteiger charge is -2.12. The molecule has 2 aromatic carbocycles. The van der Waals surface area contributed by atoms with Crippen molar-refractivity contribution >= 4 is 29.1 Å². The van der Waals surface area contributed by atoms with Crippen LogP contribution in [0.4, 0.5) is 17.5 Å². The average Bonchev–Trinajstić information content (AvgIpc) is 2.57. The second-order valence-corrected chi connectivity index (χ2v) is 6.51. The van der Waals surface area contributed by atoms with Crippen LogP contribution in [0.1, 0.15) is 22.4 Å². The lowest BCUT2D eigenvalue weighted by atomic mass is 10.1. The topological polar surface area (TPSA) is 49.8 Å². The first-order valence-electron chi connectivity index (χ1n) is 8.18. The molecule has 4 nitrogen and oxygen atoms in total. The molecule has 128 valence electrons. The van der Waals surface area contributed by atoms with Gasteiger partial charge in [-0.05, 0) is 49.6 Å². The molecule has 1 aromatic heterocycles. The molecular formula is C20H21ClN4. The van der Waals surface area contributed by atoms with Gasteiger partial charge in [-0.3, -0.25) is 0 Å². The Labute approximate surface area is 153 Å². The van der Waals surface area contributed by atoms with E-state index >= 15 is 0 Å². The van der Waals surface area contributed by atoms with E-state index in [0.717, 1.165) is 27.8 Å². The molecular weight excluding hydrogens is 332 g/mol. The molecule has 0 atom stereocenters. The van der Waals surface area contributed by atoms with E-state index in [-0.39, 0.29) is 0 Å². The third-order valence-electron chi connectivity index (χ3n) is 3.90. The number of nitrogens with one attached hydrogen (secondary N) is 2. The number of rotatable bonds is 5. The lowest BCUT2D eigenvalue weighted by molar-refractivity contribution is 1.03. The summed E-state index contributed by atoms with van der Waals surface area (Å²) in [6.45, 7) is 6.68. The van der Waals surface area contributed by atoms with Crippen LogP contribution in [0.2, 0.25) is 5.02 Å². The van der Waals surface area contributed by atoms with Crippen LogP contribution in [0.5, 0.6) is 0 Å². The lowest BCUT2D eigenvalue weighted by Crippen LogP contribution is -2.07. The van der Waals surface area contributed by atoms with Crippen LogP contribution in [-0.2, 0) is 6.54 Å². The monoisotopic (exact) mass is 352 g/mol. The minimum atomic E-state index is 0.575. The first-order chi connectivity index (χ1) is 12.0. The standard InChI is InChI=1S/C20H21ClN4/c1-13-8-9-14(2)18(10-13)24-19-11-15(3)23-20(25-19)22-12-16-6-4-5-7-17(16)21/h4-11H,12H2,1-3H3,(H2,22,23,24,25). The number of hydrogen-bond acceptors (Lipinski definition) is 4. The second-order valence-electron chi connectivity index (χ2n) is 6.11. The van der Waals surface area contributed by atoms with Gasteiger partial charge in [-0.15, -0.1) is 0 Å². The summed E-state index contributed by atoms with van der Waals surface area (Å²) in [6, 6.07) is 16.0. The van der Waals surface area contributed by atoms with Crippen LogP contribution in [-0.4, -0.2) is 9.97 Å². The number of benzene rings is 2. The van der Waals surface area contributed by atoms with Gasteiger partial charge in [0.25, 0.3) is 0 Å². The quantitative estimate of drug-likeness (QED) is 0.644. The molecule has 5 heteroatoms. The van der Waals surface area contributed by atoms with Gasteiger partial charge < -0.3 is 10.6 Å². The molecule has 0 bridgehead atoms. The zero-order valence-corrected chi connectivity index (χ0v) is 15.4. The van der Waals surface area contributed by atoms with Gasteiger partial charge in [0.15, 0.2) is 0 Å². The zero-order valence-electron chi connectivity index (χ0n) is 14.6. The maximum Gasteiger partial charge on any atom is 0.225 e. The number of aryl methyl sites for hydroxylation is 3. The molecule has 0 spiro atoms. The Bertz CT molecular complexity index is 893. The third kappa shape index (κ3) is 4.48. The van der Waals surface area contributed by atoms with Gasteiger partial charge in [-0.2, -0.15) is 4.98 Å². The highest BCUT2D eigenvalue weighted by atomic mass is 35.5. The highest BCUT2D eigenvalue weighted by molar-refractivity contribution is 6.31. The molecule has 2 N–H and O–H groups in total. The summed E-state index contributed by atoms with van der Waals surface area (Å²) in [6.07, 6.45) is 0. The van der Waals surface area contributed by atoms with E-state index in [1.807, 2.05) is 37.3 Å². The molecule has 0 aliphatic rings. The summed E-state index contributed by atoms with van der Waals surface area (Å²) >= 11 is 6.20. The van der Waals surface area contributed by atoms with E-state index in [0.29, 0.717) is 12.5 Å². The van der Waals surface area contributed by atoms with Crippen molar-refractivity contribution in [2.45, 2.75) is 27.3 Å². The van der Waals surface area contributed by atoms with Crippen LogP contribution in [0.25, 0.3) is 0 Å². The van der Waals surface area contributed by atoms with E-state index in [4.69, 9.17) is 11.6 Å². The van der Waals surface area contributed by atoms with Gasteiger partial charge in [0, 0.05) is 29.0 Å². The van der Waals surface area contributed by atoms with Crippen molar-refractivity contribution in [2.24, 2.45) is 0 Å². The minimum absolute atomic E-state index is 0.575. The molecule has 3 aromatic rings.